The van der Waals surface area contributed by atoms with Gasteiger partial charge in [-0.2, -0.15) is 0 Å². The number of hydrogen-bond acceptors (Lipinski definition) is 3. The van der Waals surface area contributed by atoms with Crippen LogP contribution in [0.15, 0.2) is 48.5 Å². The minimum absolute atomic E-state index is 0.0265. The first-order valence-corrected chi connectivity index (χ1v) is 6.09. The Morgan fingerprint density at radius 1 is 0.895 bits per heavy atom. The lowest BCUT2D eigenvalue weighted by atomic mass is 10.1. The van der Waals surface area contributed by atoms with E-state index in [-0.39, 0.29) is 5.78 Å². The van der Waals surface area contributed by atoms with Gasteiger partial charge in [-0.1, -0.05) is 42.5 Å². The largest absolute Gasteiger partial charge is 0.398 e. The average molecular weight is 246 g/mol. The molecule has 0 radical (unpaired) electrons. The van der Waals surface area contributed by atoms with Crippen LogP contribution >= 0.6 is 0 Å². The van der Waals surface area contributed by atoms with Crippen LogP contribution < -0.4 is 5.73 Å². The van der Waals surface area contributed by atoms with Crippen molar-refractivity contribution in [3.8, 4) is 11.3 Å². The minimum atomic E-state index is -0.0265. The van der Waals surface area contributed by atoms with Crippen LogP contribution in [0.3, 0.4) is 0 Å². The van der Waals surface area contributed by atoms with Gasteiger partial charge in [0.25, 0.3) is 0 Å². The quantitative estimate of drug-likeness (QED) is 0.519. The number of para-hydroxylation sites is 1. The maximum absolute atomic E-state index is 12.4. The monoisotopic (exact) mass is 246 g/mol. The van der Waals surface area contributed by atoms with Gasteiger partial charge in [-0.15, -0.1) is 0 Å². The van der Waals surface area contributed by atoms with Crippen LogP contribution in [0, 0.1) is 0 Å². The Morgan fingerprint density at radius 3 is 2.42 bits per heavy atom. The molecule has 3 nitrogen and oxygen atoms in total. The number of fused-ring (bicyclic) bond motifs is 4. The number of nitrogen functional groups attached to an aromatic ring is 1. The molecule has 0 amide bonds. The maximum Gasteiger partial charge on any atom is 0.198 e. The highest BCUT2D eigenvalue weighted by Gasteiger charge is 2.30. The van der Waals surface area contributed by atoms with Crippen LogP contribution in [0.1, 0.15) is 15.9 Å². The SMILES string of the molecule is Nc1c2c(nc3ccccc13)-c1ccccc1C2=O. The predicted molar refractivity (Wildman–Crippen MR) is 75.0 cm³/mol. The highest BCUT2D eigenvalue weighted by Crippen LogP contribution is 2.40. The molecule has 1 aromatic heterocycles. The topological polar surface area (TPSA) is 56.0 Å². The molecule has 19 heavy (non-hydrogen) atoms. The first-order valence-electron chi connectivity index (χ1n) is 6.09. The summed E-state index contributed by atoms with van der Waals surface area (Å²) >= 11 is 0. The molecule has 90 valence electrons. The molecule has 3 heteroatoms. The van der Waals surface area contributed by atoms with Crippen molar-refractivity contribution in [3.63, 3.8) is 0 Å². The van der Waals surface area contributed by atoms with E-state index >= 15 is 0 Å². The number of carbonyl (C=O) groups excluding carboxylic acids is 1. The number of ketones is 1. The molecule has 0 atom stereocenters. The van der Waals surface area contributed by atoms with Gasteiger partial charge in [0.2, 0.25) is 0 Å². The van der Waals surface area contributed by atoms with E-state index in [1.165, 1.54) is 0 Å². The third-order valence-electron chi connectivity index (χ3n) is 3.59. The maximum atomic E-state index is 12.4. The van der Waals surface area contributed by atoms with Crippen molar-refractivity contribution in [1.29, 1.82) is 0 Å². The lowest BCUT2D eigenvalue weighted by Crippen LogP contribution is -2.02. The van der Waals surface area contributed by atoms with Crippen molar-refractivity contribution < 1.29 is 4.79 Å². The van der Waals surface area contributed by atoms with E-state index in [0.717, 1.165) is 16.5 Å². The number of nitrogens with zero attached hydrogens (tertiary/aromatic N) is 1. The second-order valence-corrected chi connectivity index (χ2v) is 4.64. The Balaban J connectivity index is 2.19. The molecule has 0 bridgehead atoms. The van der Waals surface area contributed by atoms with E-state index < -0.39 is 0 Å². The van der Waals surface area contributed by atoms with Crippen LogP contribution in [0.4, 0.5) is 5.69 Å². The van der Waals surface area contributed by atoms with Gasteiger partial charge < -0.3 is 5.73 Å². The molecule has 1 aliphatic carbocycles. The molecule has 0 saturated carbocycles. The third kappa shape index (κ3) is 1.21. The predicted octanol–water partition coefficient (Wildman–Crippen LogP) is 3.03. The van der Waals surface area contributed by atoms with Crippen molar-refractivity contribution in [3.05, 3.63) is 59.7 Å². The molecular weight excluding hydrogens is 236 g/mol. The zero-order chi connectivity index (χ0) is 13.0. The Bertz CT molecular complexity index is 852. The Labute approximate surface area is 109 Å². The summed E-state index contributed by atoms with van der Waals surface area (Å²) in [6.45, 7) is 0. The molecular formula is C16H10N2O. The normalized spacial score (nSPS) is 12.5. The lowest BCUT2D eigenvalue weighted by molar-refractivity contribution is 0.104. The van der Waals surface area contributed by atoms with Gasteiger partial charge >= 0.3 is 0 Å². The number of hydrogen-bond donors (Lipinski definition) is 1. The summed E-state index contributed by atoms with van der Waals surface area (Å²) in [6, 6.07) is 15.1. The molecule has 0 aliphatic heterocycles. The Kier molecular flexibility index (Phi) is 1.85. The highest BCUT2D eigenvalue weighted by molar-refractivity contribution is 6.26. The zero-order valence-electron chi connectivity index (χ0n) is 10.1. The first kappa shape index (κ1) is 10.3. The number of pyridine rings is 1. The van der Waals surface area contributed by atoms with E-state index in [0.29, 0.717) is 22.5 Å². The highest BCUT2D eigenvalue weighted by atomic mass is 16.1. The number of nitrogens with two attached hydrogens (primary N) is 1. The van der Waals surface area contributed by atoms with Crippen molar-refractivity contribution in [1.82, 2.24) is 4.98 Å². The van der Waals surface area contributed by atoms with Crippen LogP contribution in [0.5, 0.6) is 0 Å². The van der Waals surface area contributed by atoms with E-state index in [4.69, 9.17) is 5.73 Å². The van der Waals surface area contributed by atoms with Gasteiger partial charge in [0.05, 0.1) is 22.5 Å². The van der Waals surface area contributed by atoms with E-state index in [1.54, 1.807) is 0 Å². The number of aromatic nitrogens is 1. The standard InChI is InChI=1S/C16H10N2O/c17-14-11-7-3-4-8-12(11)18-15-9-5-1-2-6-10(9)16(19)13(14)15/h1-8H,(H2,17,18). The zero-order valence-corrected chi connectivity index (χ0v) is 10.1. The fourth-order valence-electron chi connectivity index (χ4n) is 2.68. The fraction of sp³-hybridized carbons (Fsp3) is 0. The van der Waals surface area contributed by atoms with Gasteiger partial charge in [0.15, 0.2) is 5.78 Å². The number of rotatable bonds is 0. The van der Waals surface area contributed by atoms with Crippen LogP contribution in [0.2, 0.25) is 0 Å². The molecule has 0 unspecified atom stereocenters. The van der Waals surface area contributed by atoms with Crippen molar-refractivity contribution in [2.45, 2.75) is 0 Å². The van der Waals surface area contributed by atoms with Gasteiger partial charge in [0, 0.05) is 16.5 Å². The lowest BCUT2D eigenvalue weighted by Gasteiger charge is -2.06. The van der Waals surface area contributed by atoms with Gasteiger partial charge in [-0.3, -0.25) is 4.79 Å². The van der Waals surface area contributed by atoms with Gasteiger partial charge in [0.1, 0.15) is 0 Å². The summed E-state index contributed by atoms with van der Waals surface area (Å²) in [4.78, 5) is 17.0. The van der Waals surface area contributed by atoms with E-state index in [2.05, 4.69) is 4.98 Å². The summed E-state index contributed by atoms with van der Waals surface area (Å²) in [6.07, 6.45) is 0. The number of benzene rings is 2. The molecule has 4 rings (SSSR count). The smallest absolute Gasteiger partial charge is 0.198 e. The molecule has 0 fully saturated rings. The Hall–Kier alpha value is -2.68. The minimum Gasteiger partial charge on any atom is -0.398 e. The second kappa shape index (κ2) is 3.42. The van der Waals surface area contributed by atoms with Crippen molar-refractivity contribution >= 4 is 22.4 Å². The summed E-state index contributed by atoms with van der Waals surface area (Å²) in [5, 5.41) is 0.836. The summed E-state index contributed by atoms with van der Waals surface area (Å²) in [7, 11) is 0. The molecule has 0 saturated heterocycles. The number of carbonyl (C=O) groups is 1. The number of anilines is 1. The van der Waals surface area contributed by atoms with Crippen molar-refractivity contribution in [2.24, 2.45) is 0 Å². The molecule has 1 heterocycles. The Morgan fingerprint density at radius 2 is 1.58 bits per heavy atom. The van der Waals surface area contributed by atoms with E-state index in [9.17, 15) is 4.79 Å². The van der Waals surface area contributed by atoms with Gasteiger partial charge in [-0.25, -0.2) is 4.98 Å². The summed E-state index contributed by atoms with van der Waals surface area (Å²) in [5.74, 6) is -0.0265. The van der Waals surface area contributed by atoms with Gasteiger partial charge in [-0.05, 0) is 6.07 Å². The molecule has 2 aromatic carbocycles. The van der Waals surface area contributed by atoms with Crippen LogP contribution in [0.25, 0.3) is 22.2 Å². The van der Waals surface area contributed by atoms with Crippen LogP contribution in [-0.2, 0) is 0 Å². The molecule has 0 spiro atoms. The summed E-state index contributed by atoms with van der Waals surface area (Å²) < 4.78 is 0. The fourth-order valence-corrected chi connectivity index (χ4v) is 2.68. The third-order valence-corrected chi connectivity index (χ3v) is 3.59. The van der Waals surface area contributed by atoms with Crippen molar-refractivity contribution in [2.75, 3.05) is 5.73 Å². The average Bonchev–Trinajstić information content (AvgIpc) is 2.74. The van der Waals surface area contributed by atoms with Crippen LogP contribution in [-0.4, -0.2) is 10.8 Å². The molecule has 2 N–H and O–H groups in total. The second-order valence-electron chi connectivity index (χ2n) is 4.64. The molecule has 1 aliphatic rings. The first-order chi connectivity index (χ1) is 9.27. The van der Waals surface area contributed by atoms with E-state index in [1.807, 2.05) is 48.5 Å². The molecule has 3 aromatic rings. The summed E-state index contributed by atoms with van der Waals surface area (Å²) in [5.41, 5.74) is 10.3.